The van der Waals surface area contributed by atoms with Gasteiger partial charge in [0.2, 0.25) is 5.75 Å². The molecule has 0 aliphatic heterocycles. The molecule has 1 N–H and O–H groups in total. The molecule has 34 heavy (non-hydrogen) atoms. The van der Waals surface area contributed by atoms with Crippen molar-refractivity contribution in [2.45, 2.75) is 26.3 Å². The quantitative estimate of drug-likeness (QED) is 0.395. The highest BCUT2D eigenvalue weighted by molar-refractivity contribution is 5.89. The molecule has 0 atom stereocenters. The van der Waals surface area contributed by atoms with Gasteiger partial charge in [-0.1, -0.05) is 6.58 Å². The van der Waals surface area contributed by atoms with E-state index in [1.165, 1.54) is 12.8 Å². The summed E-state index contributed by atoms with van der Waals surface area (Å²) in [6.07, 6.45) is 7.85. The van der Waals surface area contributed by atoms with Crippen molar-refractivity contribution in [1.82, 2.24) is 29.3 Å². The zero-order valence-corrected chi connectivity index (χ0v) is 19.7. The number of rotatable bonds is 9. The summed E-state index contributed by atoms with van der Waals surface area (Å²) in [4.78, 5) is 13.9. The van der Waals surface area contributed by atoms with Crippen LogP contribution in [0.2, 0.25) is 0 Å². The van der Waals surface area contributed by atoms with Crippen molar-refractivity contribution >= 4 is 28.2 Å². The number of methoxy groups -OCH3 is 3. The van der Waals surface area contributed by atoms with E-state index in [4.69, 9.17) is 19.2 Å². The Bertz CT molecular complexity index is 1350. The molecule has 1 saturated carbocycles. The third-order valence-electron chi connectivity index (χ3n) is 5.78. The van der Waals surface area contributed by atoms with Gasteiger partial charge in [0.15, 0.2) is 23.0 Å². The van der Waals surface area contributed by atoms with Crippen molar-refractivity contribution in [1.29, 1.82) is 0 Å². The molecule has 0 amide bonds. The summed E-state index contributed by atoms with van der Waals surface area (Å²) in [5.41, 5.74) is 2.39. The van der Waals surface area contributed by atoms with E-state index in [1.54, 1.807) is 33.9 Å². The van der Waals surface area contributed by atoms with Gasteiger partial charge in [-0.25, -0.2) is 19.6 Å². The lowest BCUT2D eigenvalue weighted by atomic mass is 10.2. The molecule has 0 unspecified atom stereocenters. The molecule has 3 aromatic heterocycles. The van der Waals surface area contributed by atoms with E-state index in [0.717, 1.165) is 28.8 Å². The van der Waals surface area contributed by atoms with Gasteiger partial charge in [-0.2, -0.15) is 5.10 Å². The molecule has 0 spiro atoms. The first-order valence-corrected chi connectivity index (χ1v) is 11.0. The Kier molecular flexibility index (Phi) is 5.56. The van der Waals surface area contributed by atoms with Gasteiger partial charge in [0.1, 0.15) is 18.0 Å². The minimum Gasteiger partial charge on any atom is -0.493 e. The number of hydrogen-bond donors (Lipinski definition) is 1. The highest BCUT2D eigenvalue weighted by Gasteiger charge is 2.24. The van der Waals surface area contributed by atoms with Crippen molar-refractivity contribution < 1.29 is 14.2 Å². The standard InChI is InChI=1S/C24H27N7O3/c1-14(2)22-28-23(17-10-26-31(24(17)29-22)11-15-6-7-15)27-20-12-30(13-25-20)16-8-18(32-3)21(34-5)19(9-16)33-4/h8-10,12-13,15H,1,6-7,11H2,2-5H3,(H,27,28,29). The lowest BCUT2D eigenvalue weighted by Crippen LogP contribution is -2.05. The second-order valence-electron chi connectivity index (χ2n) is 8.36. The predicted octanol–water partition coefficient (Wildman–Crippen LogP) is 4.22. The number of nitrogens with one attached hydrogen (secondary N) is 1. The van der Waals surface area contributed by atoms with Gasteiger partial charge in [0.25, 0.3) is 0 Å². The van der Waals surface area contributed by atoms with E-state index in [2.05, 4.69) is 27.0 Å². The van der Waals surface area contributed by atoms with Crippen LogP contribution in [0.25, 0.3) is 22.3 Å². The van der Waals surface area contributed by atoms with Crippen LogP contribution in [0, 0.1) is 5.92 Å². The largest absolute Gasteiger partial charge is 0.493 e. The Morgan fingerprint density at radius 2 is 1.85 bits per heavy atom. The lowest BCUT2D eigenvalue weighted by Gasteiger charge is -2.14. The van der Waals surface area contributed by atoms with Crippen LogP contribution in [0.3, 0.4) is 0 Å². The van der Waals surface area contributed by atoms with Crippen molar-refractivity contribution in [2.75, 3.05) is 26.6 Å². The topological polar surface area (TPSA) is 101 Å². The second kappa shape index (κ2) is 8.69. The Balaban J connectivity index is 1.50. The molecule has 10 nitrogen and oxygen atoms in total. The van der Waals surface area contributed by atoms with E-state index in [9.17, 15) is 0 Å². The smallest absolute Gasteiger partial charge is 0.203 e. The summed E-state index contributed by atoms with van der Waals surface area (Å²) in [5, 5.41) is 8.74. The maximum Gasteiger partial charge on any atom is 0.203 e. The normalized spacial score (nSPS) is 13.2. The number of fused-ring (bicyclic) bond motifs is 1. The molecule has 3 heterocycles. The summed E-state index contributed by atoms with van der Waals surface area (Å²) in [6, 6.07) is 3.72. The summed E-state index contributed by atoms with van der Waals surface area (Å²) in [7, 11) is 4.75. The SMILES string of the molecule is C=C(C)c1nc(Nc2cn(-c3cc(OC)c(OC)c(OC)c3)cn2)c2cnn(CC3CC3)c2n1. The summed E-state index contributed by atoms with van der Waals surface area (Å²) >= 11 is 0. The first kappa shape index (κ1) is 21.7. The maximum absolute atomic E-state index is 5.47. The van der Waals surface area contributed by atoms with Gasteiger partial charge in [0.05, 0.1) is 44.8 Å². The molecular formula is C24H27N7O3. The maximum atomic E-state index is 5.47. The van der Waals surface area contributed by atoms with Crippen LogP contribution in [0.4, 0.5) is 11.6 Å². The van der Waals surface area contributed by atoms with Crippen LogP contribution in [0.1, 0.15) is 25.6 Å². The fraction of sp³-hybridized carbons (Fsp3) is 0.333. The van der Waals surface area contributed by atoms with Crippen molar-refractivity contribution in [3.05, 3.63) is 43.3 Å². The van der Waals surface area contributed by atoms with Crippen LogP contribution in [0.15, 0.2) is 37.4 Å². The number of anilines is 2. The van der Waals surface area contributed by atoms with Gasteiger partial charge in [-0.3, -0.25) is 0 Å². The van der Waals surface area contributed by atoms with Crippen molar-refractivity contribution in [3.63, 3.8) is 0 Å². The zero-order valence-electron chi connectivity index (χ0n) is 19.7. The molecule has 0 bridgehead atoms. The number of ether oxygens (including phenoxy) is 3. The summed E-state index contributed by atoms with van der Waals surface area (Å²) < 4.78 is 20.2. The first-order valence-electron chi connectivity index (χ1n) is 11.0. The molecule has 176 valence electrons. The highest BCUT2D eigenvalue weighted by Crippen LogP contribution is 2.39. The second-order valence-corrected chi connectivity index (χ2v) is 8.36. The first-order chi connectivity index (χ1) is 16.5. The average molecular weight is 462 g/mol. The Hall–Kier alpha value is -4.08. The lowest BCUT2D eigenvalue weighted by molar-refractivity contribution is 0.324. The fourth-order valence-electron chi connectivity index (χ4n) is 3.79. The van der Waals surface area contributed by atoms with E-state index in [-0.39, 0.29) is 0 Å². The van der Waals surface area contributed by atoms with Crippen LogP contribution in [-0.2, 0) is 6.54 Å². The van der Waals surface area contributed by atoms with Gasteiger partial charge in [-0.05, 0) is 31.3 Å². The number of imidazole rings is 1. The van der Waals surface area contributed by atoms with Crippen LogP contribution in [0.5, 0.6) is 17.2 Å². The molecule has 1 aliphatic carbocycles. The van der Waals surface area contributed by atoms with Gasteiger partial charge < -0.3 is 24.1 Å². The van der Waals surface area contributed by atoms with Crippen molar-refractivity contribution in [3.8, 4) is 22.9 Å². The third-order valence-corrected chi connectivity index (χ3v) is 5.78. The number of hydrogen-bond acceptors (Lipinski definition) is 8. The minimum atomic E-state index is 0.533. The molecule has 1 aromatic carbocycles. The van der Waals surface area contributed by atoms with E-state index < -0.39 is 0 Å². The van der Waals surface area contributed by atoms with Crippen LogP contribution in [-0.4, -0.2) is 50.6 Å². The van der Waals surface area contributed by atoms with Gasteiger partial charge in [0, 0.05) is 18.7 Å². The zero-order chi connectivity index (χ0) is 23.8. The number of benzene rings is 1. The monoisotopic (exact) mass is 461 g/mol. The molecule has 10 heteroatoms. The molecule has 1 fully saturated rings. The van der Waals surface area contributed by atoms with Gasteiger partial charge >= 0.3 is 0 Å². The minimum absolute atomic E-state index is 0.533. The summed E-state index contributed by atoms with van der Waals surface area (Å²) in [5.74, 6) is 4.18. The highest BCUT2D eigenvalue weighted by atomic mass is 16.5. The molecular weight excluding hydrogens is 434 g/mol. The van der Waals surface area contributed by atoms with Gasteiger partial charge in [-0.15, -0.1) is 0 Å². The summed E-state index contributed by atoms with van der Waals surface area (Å²) in [6.45, 7) is 6.78. The van der Waals surface area contributed by atoms with Crippen molar-refractivity contribution in [2.24, 2.45) is 5.92 Å². The molecule has 1 aliphatic rings. The third kappa shape index (κ3) is 4.02. The van der Waals surface area contributed by atoms with Crippen LogP contribution >= 0.6 is 0 Å². The fourth-order valence-corrected chi connectivity index (χ4v) is 3.79. The van der Waals surface area contributed by atoms with E-state index >= 15 is 0 Å². The molecule has 0 radical (unpaired) electrons. The predicted molar refractivity (Wildman–Crippen MR) is 129 cm³/mol. The number of nitrogens with zero attached hydrogens (tertiary/aromatic N) is 6. The Morgan fingerprint density at radius 3 is 2.47 bits per heavy atom. The van der Waals surface area contributed by atoms with Crippen LogP contribution < -0.4 is 19.5 Å². The Morgan fingerprint density at radius 1 is 1.12 bits per heavy atom. The molecule has 5 rings (SSSR count). The average Bonchev–Trinajstić information content (AvgIpc) is 3.38. The van der Waals surface area contributed by atoms with E-state index in [1.807, 2.05) is 34.5 Å². The molecule has 4 aromatic rings. The number of aromatic nitrogens is 6. The number of allylic oxidation sites excluding steroid dienone is 1. The molecule has 0 saturated heterocycles. The Labute approximate surface area is 197 Å². The van der Waals surface area contributed by atoms with E-state index in [0.29, 0.717) is 40.6 Å².